The maximum Gasteiger partial charge on any atom is 0.305 e. The second-order valence-electron chi connectivity index (χ2n) is 20.0. The molecule has 0 fully saturated rings. The lowest BCUT2D eigenvalue weighted by Gasteiger charge is -2.22. The second kappa shape index (κ2) is 56.4. The number of hydrogen-bond donors (Lipinski definition) is 3. The van der Waals surface area contributed by atoms with Crippen molar-refractivity contribution in [3.8, 4) is 0 Å². The van der Waals surface area contributed by atoms with Gasteiger partial charge in [0.05, 0.1) is 25.4 Å². The van der Waals surface area contributed by atoms with Crippen molar-refractivity contribution in [2.75, 3.05) is 13.2 Å². The third kappa shape index (κ3) is 53.0. The van der Waals surface area contributed by atoms with Crippen molar-refractivity contribution in [3.05, 3.63) is 48.6 Å². The molecule has 0 bridgehead atoms. The van der Waals surface area contributed by atoms with Gasteiger partial charge in [-0.3, -0.25) is 9.59 Å². The molecule has 2 unspecified atom stereocenters. The summed E-state index contributed by atoms with van der Waals surface area (Å²) in [6.45, 7) is 4.85. The van der Waals surface area contributed by atoms with Crippen LogP contribution in [0.25, 0.3) is 0 Å². The van der Waals surface area contributed by atoms with Gasteiger partial charge in [-0.1, -0.05) is 255 Å². The number of amides is 1. The zero-order chi connectivity index (χ0) is 48.6. The minimum atomic E-state index is -0.673. The third-order valence-electron chi connectivity index (χ3n) is 13.4. The molecule has 67 heavy (non-hydrogen) atoms. The van der Waals surface area contributed by atoms with E-state index in [1.165, 1.54) is 186 Å². The smallest absolute Gasteiger partial charge is 0.305 e. The highest BCUT2D eigenvalue weighted by Crippen LogP contribution is 2.17. The Morgan fingerprint density at radius 3 is 1.28 bits per heavy atom. The average Bonchev–Trinajstić information content (AvgIpc) is 3.33. The van der Waals surface area contributed by atoms with Crippen molar-refractivity contribution < 1.29 is 24.5 Å². The lowest BCUT2D eigenvalue weighted by Crippen LogP contribution is -2.45. The molecule has 0 heterocycles. The lowest BCUT2D eigenvalue weighted by atomic mass is 10.0. The molecule has 0 rings (SSSR count). The van der Waals surface area contributed by atoms with E-state index in [0.29, 0.717) is 25.9 Å². The van der Waals surface area contributed by atoms with Gasteiger partial charge in [-0.2, -0.15) is 0 Å². The van der Waals surface area contributed by atoms with Crippen molar-refractivity contribution in [2.24, 2.45) is 0 Å². The fourth-order valence-electron chi connectivity index (χ4n) is 8.84. The minimum Gasteiger partial charge on any atom is -0.466 e. The Hall–Kier alpha value is -2.18. The predicted octanol–water partition coefficient (Wildman–Crippen LogP) is 18.2. The molecule has 0 aliphatic rings. The topological polar surface area (TPSA) is 95.9 Å². The van der Waals surface area contributed by atoms with Gasteiger partial charge in [0.15, 0.2) is 0 Å². The van der Waals surface area contributed by atoms with E-state index in [4.69, 9.17) is 4.74 Å². The first-order chi connectivity index (χ1) is 33.0. The standard InChI is InChI=1S/C61H113NO5/c1-3-5-7-9-11-13-15-17-18-19-23-26-30-33-37-41-45-49-53-59(64)58(57-63)62-60(65)54-50-46-42-38-34-31-27-24-21-20-22-25-28-32-36-40-44-48-52-56-67-61(66)55-51-47-43-39-35-29-16-14-12-10-8-6-4-2/h8,10,14,16,25,28,32,36,58-59,63-64H,3-7,9,11-13,15,17-24,26-27,29-31,33-35,37-57H2,1-2H3,(H,62,65)/b10-8-,16-14-,28-25-,36-32-. The number of rotatable bonds is 54. The first-order valence-corrected chi connectivity index (χ1v) is 29.4. The molecule has 0 saturated carbocycles. The second-order valence-corrected chi connectivity index (χ2v) is 20.0. The van der Waals surface area contributed by atoms with Gasteiger partial charge in [0.25, 0.3) is 0 Å². The van der Waals surface area contributed by atoms with Gasteiger partial charge < -0.3 is 20.3 Å². The summed E-state index contributed by atoms with van der Waals surface area (Å²) < 4.78 is 5.43. The van der Waals surface area contributed by atoms with Crippen molar-refractivity contribution in [1.29, 1.82) is 0 Å². The number of allylic oxidation sites excluding steroid dienone is 8. The Morgan fingerprint density at radius 1 is 0.433 bits per heavy atom. The average molecular weight is 941 g/mol. The predicted molar refractivity (Wildman–Crippen MR) is 292 cm³/mol. The molecule has 0 aliphatic heterocycles. The number of unbranched alkanes of at least 4 members (excludes halogenated alkanes) is 36. The summed E-state index contributed by atoms with van der Waals surface area (Å²) in [6.07, 6.45) is 71.0. The van der Waals surface area contributed by atoms with E-state index in [-0.39, 0.29) is 18.5 Å². The van der Waals surface area contributed by atoms with Gasteiger partial charge in [0.2, 0.25) is 5.91 Å². The summed E-state index contributed by atoms with van der Waals surface area (Å²) in [7, 11) is 0. The summed E-state index contributed by atoms with van der Waals surface area (Å²) in [6, 6.07) is -0.551. The highest BCUT2D eigenvalue weighted by atomic mass is 16.5. The number of aliphatic hydroxyl groups is 2. The van der Waals surface area contributed by atoms with E-state index in [1.54, 1.807) is 0 Å². The zero-order valence-corrected chi connectivity index (χ0v) is 44.6. The fourth-order valence-corrected chi connectivity index (χ4v) is 8.84. The molecular formula is C61H113NO5. The van der Waals surface area contributed by atoms with Crippen LogP contribution in [0, 0.1) is 0 Å². The Labute approximate surface area is 416 Å². The Balaban J connectivity index is 3.49. The highest BCUT2D eigenvalue weighted by Gasteiger charge is 2.20. The SMILES string of the molecule is CCC/C=C\C/C=C\CCCCCCCC(=O)OCCCCC/C=C\C=C/CCCCCCCCCCCCC(=O)NC(CO)C(O)CCCCCCCCCCCCCCCCCCCC. The Bertz CT molecular complexity index is 1130. The van der Waals surface area contributed by atoms with Crippen LogP contribution in [0.5, 0.6) is 0 Å². The maximum atomic E-state index is 12.5. The molecule has 0 aliphatic carbocycles. The van der Waals surface area contributed by atoms with Crippen molar-refractivity contribution in [1.82, 2.24) is 5.32 Å². The van der Waals surface area contributed by atoms with E-state index in [9.17, 15) is 19.8 Å². The Morgan fingerprint density at radius 2 is 0.821 bits per heavy atom. The van der Waals surface area contributed by atoms with Crippen LogP contribution in [-0.4, -0.2) is 47.4 Å². The summed E-state index contributed by atoms with van der Waals surface area (Å²) in [5.41, 5.74) is 0. The van der Waals surface area contributed by atoms with Gasteiger partial charge in [0.1, 0.15) is 0 Å². The molecule has 0 aromatic heterocycles. The molecule has 1 amide bonds. The summed E-state index contributed by atoms with van der Waals surface area (Å²) in [5.74, 6) is -0.0730. The molecule has 2 atom stereocenters. The molecule has 6 nitrogen and oxygen atoms in total. The number of nitrogens with one attached hydrogen (secondary N) is 1. The van der Waals surface area contributed by atoms with Gasteiger partial charge in [0, 0.05) is 12.8 Å². The molecule has 6 heteroatoms. The first kappa shape index (κ1) is 64.8. The van der Waals surface area contributed by atoms with Crippen LogP contribution >= 0.6 is 0 Å². The van der Waals surface area contributed by atoms with Gasteiger partial charge in [-0.05, 0) is 83.5 Å². The van der Waals surface area contributed by atoms with Gasteiger partial charge in [-0.15, -0.1) is 0 Å². The van der Waals surface area contributed by atoms with Crippen LogP contribution in [-0.2, 0) is 14.3 Å². The number of carbonyl (C=O) groups excluding carboxylic acids is 2. The first-order valence-electron chi connectivity index (χ1n) is 29.4. The largest absolute Gasteiger partial charge is 0.466 e. The van der Waals surface area contributed by atoms with Crippen LogP contribution in [0.15, 0.2) is 48.6 Å². The molecule has 392 valence electrons. The normalized spacial score (nSPS) is 13.0. The van der Waals surface area contributed by atoms with Crippen LogP contribution in [0.4, 0.5) is 0 Å². The van der Waals surface area contributed by atoms with E-state index in [1.807, 2.05) is 0 Å². The van der Waals surface area contributed by atoms with Crippen molar-refractivity contribution >= 4 is 11.9 Å². The van der Waals surface area contributed by atoms with E-state index in [2.05, 4.69) is 67.8 Å². The molecular weight excluding hydrogens is 827 g/mol. The van der Waals surface area contributed by atoms with E-state index < -0.39 is 12.1 Å². The zero-order valence-electron chi connectivity index (χ0n) is 44.6. The molecule has 0 saturated heterocycles. The Kier molecular flexibility index (Phi) is 54.6. The fraction of sp³-hybridized carbons (Fsp3) is 0.836. The lowest BCUT2D eigenvalue weighted by molar-refractivity contribution is -0.143. The quantitative estimate of drug-likeness (QED) is 0.0244. The van der Waals surface area contributed by atoms with E-state index >= 15 is 0 Å². The number of aliphatic hydroxyl groups excluding tert-OH is 2. The third-order valence-corrected chi connectivity index (χ3v) is 13.4. The van der Waals surface area contributed by atoms with Crippen LogP contribution in [0.3, 0.4) is 0 Å². The van der Waals surface area contributed by atoms with Gasteiger partial charge >= 0.3 is 5.97 Å². The van der Waals surface area contributed by atoms with Crippen LogP contribution < -0.4 is 5.32 Å². The minimum absolute atomic E-state index is 0.0290. The molecule has 0 radical (unpaired) electrons. The summed E-state index contributed by atoms with van der Waals surface area (Å²) >= 11 is 0. The molecule has 0 spiro atoms. The summed E-state index contributed by atoms with van der Waals surface area (Å²) in [5, 5.41) is 23.3. The number of hydrogen-bond acceptors (Lipinski definition) is 5. The number of esters is 1. The van der Waals surface area contributed by atoms with Gasteiger partial charge in [-0.25, -0.2) is 0 Å². The van der Waals surface area contributed by atoms with E-state index in [0.717, 1.165) is 83.5 Å². The number of ether oxygens (including phenoxy) is 1. The molecule has 0 aromatic rings. The molecule has 3 N–H and O–H groups in total. The van der Waals surface area contributed by atoms with Crippen LogP contribution in [0.1, 0.15) is 303 Å². The highest BCUT2D eigenvalue weighted by molar-refractivity contribution is 5.76. The maximum absolute atomic E-state index is 12.5. The summed E-state index contributed by atoms with van der Waals surface area (Å²) in [4.78, 5) is 24.5. The van der Waals surface area contributed by atoms with Crippen molar-refractivity contribution in [3.63, 3.8) is 0 Å². The van der Waals surface area contributed by atoms with Crippen molar-refractivity contribution in [2.45, 2.75) is 315 Å². The van der Waals surface area contributed by atoms with Crippen LogP contribution in [0.2, 0.25) is 0 Å². The number of carbonyl (C=O) groups is 2. The molecule has 0 aromatic carbocycles. The monoisotopic (exact) mass is 940 g/mol.